The van der Waals surface area contributed by atoms with Gasteiger partial charge >= 0.3 is 5.97 Å². The molecular weight excluding hydrogens is 368 g/mol. The molecule has 0 bridgehead atoms. The molecule has 29 heavy (non-hydrogen) atoms. The number of aliphatic hydroxyl groups excluding tert-OH is 1. The standard InChI is InChI=1S/C24H38O5/c1-14(3-8-23(28)29)17-6-7-20-18(9-10-25)21(11-15(2)24(17)20)19-5-4-16(13-26)12-22(19)27/h10,14-21,24,26H,3-9,11-13H2,1-2H3,(H,28,29). The summed E-state index contributed by atoms with van der Waals surface area (Å²) in [7, 11) is 0. The minimum Gasteiger partial charge on any atom is -0.481 e. The van der Waals surface area contributed by atoms with Gasteiger partial charge in [-0.15, -0.1) is 0 Å². The van der Waals surface area contributed by atoms with Crippen molar-refractivity contribution < 1.29 is 24.6 Å². The lowest BCUT2D eigenvalue weighted by Crippen LogP contribution is -2.45. The van der Waals surface area contributed by atoms with Crippen molar-refractivity contribution in [2.24, 2.45) is 53.3 Å². The van der Waals surface area contributed by atoms with Crippen molar-refractivity contribution in [1.82, 2.24) is 0 Å². The summed E-state index contributed by atoms with van der Waals surface area (Å²) >= 11 is 0. The molecule has 164 valence electrons. The summed E-state index contributed by atoms with van der Waals surface area (Å²) in [6.07, 6.45) is 8.03. The van der Waals surface area contributed by atoms with E-state index in [4.69, 9.17) is 5.11 Å². The van der Waals surface area contributed by atoms with Gasteiger partial charge in [-0.05, 0) is 85.9 Å². The normalized spacial score (nSPS) is 41.0. The first-order valence-electron chi connectivity index (χ1n) is 11.7. The minimum absolute atomic E-state index is 0.0506. The van der Waals surface area contributed by atoms with Gasteiger partial charge in [-0.25, -0.2) is 0 Å². The van der Waals surface area contributed by atoms with Crippen molar-refractivity contribution in [3.63, 3.8) is 0 Å². The van der Waals surface area contributed by atoms with Crippen molar-refractivity contribution in [3.05, 3.63) is 0 Å². The molecule has 3 fully saturated rings. The Morgan fingerprint density at radius 1 is 1.21 bits per heavy atom. The lowest BCUT2D eigenvalue weighted by molar-refractivity contribution is -0.137. The van der Waals surface area contributed by atoms with Crippen molar-refractivity contribution >= 4 is 18.0 Å². The fourth-order valence-electron chi connectivity index (χ4n) is 7.38. The molecule has 0 aliphatic heterocycles. The number of aliphatic hydroxyl groups is 1. The average Bonchev–Trinajstić information content (AvgIpc) is 3.14. The van der Waals surface area contributed by atoms with E-state index in [1.54, 1.807) is 0 Å². The van der Waals surface area contributed by atoms with Crippen molar-refractivity contribution in [1.29, 1.82) is 0 Å². The summed E-state index contributed by atoms with van der Waals surface area (Å²) in [5.74, 6) is 2.77. The molecule has 0 aromatic heterocycles. The molecule has 0 heterocycles. The van der Waals surface area contributed by atoms with Gasteiger partial charge in [0.25, 0.3) is 0 Å². The van der Waals surface area contributed by atoms with Gasteiger partial charge in [-0.2, -0.15) is 0 Å². The predicted octanol–water partition coefficient (Wildman–Crippen LogP) is 3.97. The number of aldehydes is 1. The van der Waals surface area contributed by atoms with Gasteiger partial charge in [-0.1, -0.05) is 13.8 Å². The minimum atomic E-state index is -0.723. The van der Waals surface area contributed by atoms with Crippen LogP contribution in [0.1, 0.15) is 71.6 Å². The van der Waals surface area contributed by atoms with Crippen molar-refractivity contribution in [3.8, 4) is 0 Å². The van der Waals surface area contributed by atoms with E-state index in [0.29, 0.717) is 48.2 Å². The second-order valence-corrected chi connectivity index (χ2v) is 10.2. The Kier molecular flexibility index (Phi) is 7.53. The third-order valence-electron chi connectivity index (χ3n) is 8.70. The summed E-state index contributed by atoms with van der Waals surface area (Å²) in [6, 6.07) is 0. The van der Waals surface area contributed by atoms with Crippen LogP contribution in [-0.2, 0) is 14.4 Å². The Bertz CT molecular complexity index is 602. The number of carboxylic acid groups (broad SMARTS) is 1. The van der Waals surface area contributed by atoms with Crippen molar-refractivity contribution in [2.75, 3.05) is 6.61 Å². The number of rotatable bonds is 8. The van der Waals surface area contributed by atoms with Gasteiger partial charge in [-0.3, -0.25) is 9.59 Å². The van der Waals surface area contributed by atoms with Gasteiger partial charge in [0.2, 0.25) is 0 Å². The molecular formula is C24H38O5. The zero-order valence-electron chi connectivity index (χ0n) is 18.0. The van der Waals surface area contributed by atoms with Gasteiger partial charge in [0.15, 0.2) is 0 Å². The van der Waals surface area contributed by atoms with Crippen LogP contribution in [0.4, 0.5) is 0 Å². The molecule has 0 spiro atoms. The molecule has 0 amide bonds. The third-order valence-corrected chi connectivity index (χ3v) is 8.70. The van der Waals surface area contributed by atoms with Crippen LogP contribution in [0.25, 0.3) is 0 Å². The molecule has 0 saturated heterocycles. The number of fused-ring (bicyclic) bond motifs is 1. The van der Waals surface area contributed by atoms with Crippen LogP contribution in [0.3, 0.4) is 0 Å². The number of ketones is 1. The first-order valence-corrected chi connectivity index (χ1v) is 11.7. The van der Waals surface area contributed by atoms with Crippen LogP contribution in [0, 0.1) is 53.3 Å². The van der Waals surface area contributed by atoms with Crippen LogP contribution < -0.4 is 0 Å². The Morgan fingerprint density at radius 3 is 2.59 bits per heavy atom. The topological polar surface area (TPSA) is 91.7 Å². The van der Waals surface area contributed by atoms with E-state index < -0.39 is 5.97 Å². The number of Topliss-reactive ketones (excluding diaryl/α,β-unsaturated/α-hetero) is 1. The molecule has 5 nitrogen and oxygen atoms in total. The zero-order valence-corrected chi connectivity index (χ0v) is 18.0. The molecule has 0 radical (unpaired) electrons. The predicted molar refractivity (Wildman–Crippen MR) is 110 cm³/mol. The van der Waals surface area contributed by atoms with E-state index in [0.717, 1.165) is 44.8 Å². The number of carbonyl (C=O) groups is 3. The van der Waals surface area contributed by atoms with E-state index in [1.165, 1.54) is 0 Å². The number of carboxylic acids is 1. The fourth-order valence-corrected chi connectivity index (χ4v) is 7.38. The monoisotopic (exact) mass is 406 g/mol. The Labute approximate surface area is 174 Å². The van der Waals surface area contributed by atoms with E-state index in [2.05, 4.69) is 13.8 Å². The van der Waals surface area contributed by atoms with Crippen LogP contribution in [0.2, 0.25) is 0 Å². The van der Waals surface area contributed by atoms with Gasteiger partial charge in [0.1, 0.15) is 12.1 Å². The second kappa shape index (κ2) is 9.72. The average molecular weight is 407 g/mol. The van der Waals surface area contributed by atoms with Crippen LogP contribution in [-0.4, -0.2) is 34.9 Å². The Balaban J connectivity index is 1.75. The highest BCUT2D eigenvalue weighted by molar-refractivity contribution is 5.82. The fraction of sp³-hybridized carbons (Fsp3) is 0.875. The smallest absolute Gasteiger partial charge is 0.303 e. The summed E-state index contributed by atoms with van der Waals surface area (Å²) in [5.41, 5.74) is 0. The summed E-state index contributed by atoms with van der Waals surface area (Å²) in [5, 5.41) is 18.5. The number of aliphatic carboxylic acids is 1. The van der Waals surface area contributed by atoms with Gasteiger partial charge in [0, 0.05) is 31.8 Å². The molecule has 3 aliphatic carbocycles. The number of hydrogen-bond donors (Lipinski definition) is 2. The molecule has 3 saturated carbocycles. The first kappa shape index (κ1) is 22.5. The molecule has 3 rings (SSSR count). The summed E-state index contributed by atoms with van der Waals surface area (Å²) < 4.78 is 0. The Morgan fingerprint density at radius 2 is 1.97 bits per heavy atom. The zero-order chi connectivity index (χ0) is 21.1. The van der Waals surface area contributed by atoms with E-state index in [1.807, 2.05) is 0 Å². The second-order valence-electron chi connectivity index (χ2n) is 10.2. The van der Waals surface area contributed by atoms with Crippen LogP contribution in [0.15, 0.2) is 0 Å². The molecule has 0 aromatic carbocycles. The van der Waals surface area contributed by atoms with E-state index in [9.17, 15) is 19.5 Å². The highest BCUT2D eigenvalue weighted by Gasteiger charge is 2.52. The maximum Gasteiger partial charge on any atom is 0.303 e. The SMILES string of the molecule is CC(CCC(=O)O)C1CCC2C(CC=O)C(C3CCC(CO)CC3=O)CC(C)C12. The van der Waals surface area contributed by atoms with Crippen molar-refractivity contribution in [2.45, 2.75) is 71.6 Å². The molecule has 9 unspecified atom stereocenters. The first-order chi connectivity index (χ1) is 13.9. The van der Waals surface area contributed by atoms with Gasteiger partial charge < -0.3 is 15.0 Å². The lowest BCUT2D eigenvalue weighted by atomic mass is 9.55. The van der Waals surface area contributed by atoms with E-state index in [-0.39, 0.29) is 36.7 Å². The number of carbonyl (C=O) groups excluding carboxylic acids is 2. The summed E-state index contributed by atoms with van der Waals surface area (Å²) in [4.78, 5) is 35.4. The molecule has 9 atom stereocenters. The molecule has 3 aliphatic rings. The lowest BCUT2D eigenvalue weighted by Gasteiger charge is -2.49. The highest BCUT2D eigenvalue weighted by Crippen LogP contribution is 2.58. The Hall–Kier alpha value is -1.23. The maximum atomic E-state index is 12.9. The molecule has 2 N–H and O–H groups in total. The maximum absolute atomic E-state index is 12.9. The van der Waals surface area contributed by atoms with Crippen LogP contribution in [0.5, 0.6) is 0 Å². The number of hydrogen-bond acceptors (Lipinski definition) is 4. The third kappa shape index (κ3) is 4.76. The molecule has 0 aromatic rings. The summed E-state index contributed by atoms with van der Waals surface area (Å²) in [6.45, 7) is 4.61. The molecule has 5 heteroatoms. The largest absolute Gasteiger partial charge is 0.481 e. The van der Waals surface area contributed by atoms with Crippen LogP contribution >= 0.6 is 0 Å². The quantitative estimate of drug-likeness (QED) is 0.595. The van der Waals surface area contributed by atoms with Gasteiger partial charge in [0.05, 0.1) is 0 Å². The van der Waals surface area contributed by atoms with E-state index >= 15 is 0 Å². The highest BCUT2D eigenvalue weighted by atomic mass is 16.4.